The van der Waals surface area contributed by atoms with Crippen LogP contribution >= 0.6 is 0 Å². The van der Waals surface area contributed by atoms with Crippen LogP contribution in [0.4, 0.5) is 0 Å². The second-order valence-corrected chi connectivity index (χ2v) is 11.0. The first-order valence-corrected chi connectivity index (χ1v) is 15.2. The van der Waals surface area contributed by atoms with Gasteiger partial charge in [-0.05, 0) is 23.3 Å². The summed E-state index contributed by atoms with van der Waals surface area (Å²) >= 11 is 0. The Morgan fingerprint density at radius 2 is 0.833 bits per heavy atom. The van der Waals surface area contributed by atoms with Gasteiger partial charge in [-0.15, -0.1) is 0 Å². The smallest absolute Gasteiger partial charge is 0.355 e. The molecule has 0 aliphatic rings. The van der Waals surface area contributed by atoms with Crippen LogP contribution < -0.4 is 18.9 Å². The van der Waals surface area contributed by atoms with E-state index in [1.54, 1.807) is 28.4 Å². The number of benzene rings is 4. The van der Waals surface area contributed by atoms with Crippen LogP contribution in [0.1, 0.15) is 32.1 Å². The van der Waals surface area contributed by atoms with E-state index in [2.05, 4.69) is 0 Å². The highest BCUT2D eigenvalue weighted by Crippen LogP contribution is 2.48. The van der Waals surface area contributed by atoms with E-state index < -0.39 is 11.9 Å². The van der Waals surface area contributed by atoms with Gasteiger partial charge in [-0.2, -0.15) is 0 Å². The van der Waals surface area contributed by atoms with Crippen molar-refractivity contribution in [3.63, 3.8) is 0 Å². The van der Waals surface area contributed by atoms with Gasteiger partial charge in [0.1, 0.15) is 11.4 Å². The van der Waals surface area contributed by atoms with Gasteiger partial charge in [0.2, 0.25) is 0 Å². The quantitative estimate of drug-likeness (QED) is 0.139. The van der Waals surface area contributed by atoms with Crippen molar-refractivity contribution in [3.8, 4) is 34.1 Å². The molecule has 0 atom stereocenters. The predicted octanol–water partition coefficient (Wildman–Crippen LogP) is 6.97. The number of methoxy groups -OCH3 is 6. The van der Waals surface area contributed by atoms with E-state index in [4.69, 9.17) is 28.4 Å². The van der Waals surface area contributed by atoms with Crippen molar-refractivity contribution >= 4 is 33.7 Å². The van der Waals surface area contributed by atoms with E-state index in [9.17, 15) is 9.59 Å². The number of fused-ring (bicyclic) bond motifs is 2. The summed E-state index contributed by atoms with van der Waals surface area (Å²) < 4.78 is 37.6. The maximum Gasteiger partial charge on any atom is 0.355 e. The van der Waals surface area contributed by atoms with Crippen LogP contribution in [0.15, 0.2) is 84.9 Å². The SMILES string of the molecule is COC(=O)c1c(-c2c(C(=O)OC)n(Cc3ccccc3)c3cc(OC)c(OC)cc23)c2cc(OC)c(OC)cc2n1Cc1ccccc1. The summed E-state index contributed by atoms with van der Waals surface area (Å²) in [6.07, 6.45) is 0. The van der Waals surface area contributed by atoms with Crippen molar-refractivity contribution in [2.24, 2.45) is 0 Å². The molecule has 0 unspecified atom stereocenters. The van der Waals surface area contributed by atoms with Crippen LogP contribution in [0.3, 0.4) is 0 Å². The lowest BCUT2D eigenvalue weighted by molar-refractivity contribution is 0.0579. The van der Waals surface area contributed by atoms with Crippen molar-refractivity contribution in [2.45, 2.75) is 13.1 Å². The molecule has 0 aliphatic heterocycles. The van der Waals surface area contributed by atoms with Gasteiger partial charge in [0.25, 0.3) is 0 Å². The van der Waals surface area contributed by atoms with E-state index in [1.807, 2.05) is 94.1 Å². The second-order valence-electron chi connectivity index (χ2n) is 11.0. The predicted molar refractivity (Wildman–Crippen MR) is 183 cm³/mol. The first-order chi connectivity index (χ1) is 23.4. The fourth-order valence-corrected chi connectivity index (χ4v) is 6.33. The molecule has 6 rings (SSSR count). The standard InChI is InChI=1S/C38H36N2O8/c1-43-29-17-25-27(19-31(29)45-3)39(21-23-13-9-7-10-14-23)35(37(41)47-5)33(25)34-26-18-30(44-2)32(46-4)20-28(26)40(36(34)38(42)48-6)22-24-15-11-8-12-16-24/h7-20H,21-22H2,1-6H3. The van der Waals surface area contributed by atoms with Gasteiger partial charge in [0, 0.05) is 47.1 Å². The first-order valence-electron chi connectivity index (χ1n) is 15.2. The number of rotatable bonds is 11. The zero-order chi connectivity index (χ0) is 33.9. The van der Waals surface area contributed by atoms with Gasteiger partial charge in [-0.3, -0.25) is 0 Å². The van der Waals surface area contributed by atoms with E-state index in [0.29, 0.717) is 69.0 Å². The van der Waals surface area contributed by atoms with Crippen LogP contribution in [0.25, 0.3) is 32.9 Å². The van der Waals surface area contributed by atoms with Gasteiger partial charge in [0.05, 0.1) is 53.7 Å². The Morgan fingerprint density at radius 3 is 1.15 bits per heavy atom. The zero-order valence-electron chi connectivity index (χ0n) is 27.7. The van der Waals surface area contributed by atoms with Crippen LogP contribution in [0.5, 0.6) is 23.0 Å². The molecule has 246 valence electrons. The number of carbonyl (C=O) groups excluding carboxylic acids is 2. The molecule has 0 amide bonds. The van der Waals surface area contributed by atoms with Crippen molar-refractivity contribution < 1.29 is 38.0 Å². The number of carbonyl (C=O) groups is 2. The Morgan fingerprint density at radius 1 is 0.500 bits per heavy atom. The third kappa shape index (κ3) is 5.45. The lowest BCUT2D eigenvalue weighted by atomic mass is 9.97. The first kappa shape index (κ1) is 32.1. The molecule has 0 saturated carbocycles. The number of hydrogen-bond donors (Lipinski definition) is 0. The highest BCUT2D eigenvalue weighted by Gasteiger charge is 2.34. The maximum absolute atomic E-state index is 14.0. The highest BCUT2D eigenvalue weighted by molar-refractivity contribution is 6.19. The fraction of sp³-hybridized carbons (Fsp3) is 0.211. The van der Waals surface area contributed by atoms with Gasteiger partial charge in [0.15, 0.2) is 23.0 Å². The van der Waals surface area contributed by atoms with Crippen LogP contribution in [0.2, 0.25) is 0 Å². The molecular formula is C38H36N2O8. The maximum atomic E-state index is 14.0. The number of esters is 2. The minimum atomic E-state index is -0.588. The molecule has 48 heavy (non-hydrogen) atoms. The largest absolute Gasteiger partial charge is 0.493 e. The summed E-state index contributed by atoms with van der Waals surface area (Å²) in [5.74, 6) is 0.681. The molecule has 2 heterocycles. The number of aromatic nitrogens is 2. The van der Waals surface area contributed by atoms with Crippen LogP contribution in [0, 0.1) is 0 Å². The molecular weight excluding hydrogens is 612 g/mol. The van der Waals surface area contributed by atoms with Crippen molar-refractivity contribution in [1.82, 2.24) is 9.13 Å². The van der Waals surface area contributed by atoms with Gasteiger partial charge < -0.3 is 37.6 Å². The van der Waals surface area contributed by atoms with Crippen molar-refractivity contribution in [1.29, 1.82) is 0 Å². The Kier molecular flexibility index (Phi) is 8.98. The average molecular weight is 649 g/mol. The summed E-state index contributed by atoms with van der Waals surface area (Å²) in [4.78, 5) is 28.1. The van der Waals surface area contributed by atoms with Crippen LogP contribution in [-0.2, 0) is 22.6 Å². The highest BCUT2D eigenvalue weighted by atomic mass is 16.5. The third-order valence-corrected chi connectivity index (χ3v) is 8.51. The Bertz CT molecular complexity index is 1980. The van der Waals surface area contributed by atoms with Gasteiger partial charge in [-0.1, -0.05) is 60.7 Å². The van der Waals surface area contributed by atoms with Gasteiger partial charge in [-0.25, -0.2) is 9.59 Å². The Balaban J connectivity index is 1.84. The third-order valence-electron chi connectivity index (χ3n) is 8.51. The minimum absolute atomic E-state index is 0.241. The topological polar surface area (TPSA) is 99.4 Å². The molecule has 0 fully saturated rings. The lowest BCUT2D eigenvalue weighted by Gasteiger charge is -2.13. The fourth-order valence-electron chi connectivity index (χ4n) is 6.33. The molecule has 0 radical (unpaired) electrons. The molecule has 6 aromatic rings. The molecule has 0 aliphatic carbocycles. The molecule has 2 aromatic heterocycles. The Hall–Kier alpha value is -5.90. The van der Waals surface area contributed by atoms with E-state index >= 15 is 0 Å². The monoisotopic (exact) mass is 648 g/mol. The van der Waals surface area contributed by atoms with Crippen molar-refractivity contribution in [3.05, 3.63) is 107 Å². The zero-order valence-corrected chi connectivity index (χ0v) is 27.7. The number of nitrogens with zero attached hydrogens (tertiary/aromatic N) is 2. The average Bonchev–Trinajstić information content (AvgIpc) is 3.60. The summed E-state index contributed by atoms with van der Waals surface area (Å²) in [5, 5.41) is 1.28. The summed E-state index contributed by atoms with van der Waals surface area (Å²) in [5.41, 5.74) is 4.67. The second kappa shape index (κ2) is 13.4. The summed E-state index contributed by atoms with van der Waals surface area (Å²) in [6.45, 7) is 0.648. The van der Waals surface area contributed by atoms with E-state index in [1.165, 1.54) is 14.2 Å². The minimum Gasteiger partial charge on any atom is -0.493 e. The molecule has 0 spiro atoms. The number of ether oxygens (including phenoxy) is 6. The van der Waals surface area contributed by atoms with E-state index in [-0.39, 0.29) is 11.4 Å². The Labute approximate surface area is 277 Å². The van der Waals surface area contributed by atoms with Gasteiger partial charge >= 0.3 is 11.9 Å². The lowest BCUT2D eigenvalue weighted by Crippen LogP contribution is -2.15. The van der Waals surface area contributed by atoms with Crippen LogP contribution in [-0.4, -0.2) is 63.7 Å². The molecule has 10 heteroatoms. The summed E-state index contributed by atoms with van der Waals surface area (Å²) in [6, 6.07) is 26.9. The van der Waals surface area contributed by atoms with Crippen molar-refractivity contribution in [2.75, 3.05) is 42.7 Å². The van der Waals surface area contributed by atoms with E-state index in [0.717, 1.165) is 11.1 Å². The molecule has 0 N–H and O–H groups in total. The normalized spacial score (nSPS) is 11.0. The number of hydrogen-bond acceptors (Lipinski definition) is 8. The molecule has 0 bridgehead atoms. The summed E-state index contributed by atoms with van der Waals surface area (Å²) in [7, 11) is 8.89. The molecule has 4 aromatic carbocycles. The molecule has 10 nitrogen and oxygen atoms in total. The molecule has 0 saturated heterocycles.